The van der Waals surface area contributed by atoms with Crippen molar-refractivity contribution in [3.8, 4) is 11.4 Å². The van der Waals surface area contributed by atoms with Gasteiger partial charge >= 0.3 is 12.2 Å². The third-order valence-electron chi connectivity index (χ3n) is 6.33. The van der Waals surface area contributed by atoms with Crippen LogP contribution in [0.4, 0.5) is 22.0 Å². The average Bonchev–Trinajstić information content (AvgIpc) is 3.36. The molecule has 0 radical (unpaired) electrons. The van der Waals surface area contributed by atoms with E-state index in [0.29, 0.717) is 24.7 Å². The molecule has 5 rings (SSSR count). The van der Waals surface area contributed by atoms with Crippen molar-refractivity contribution in [1.82, 2.24) is 19.5 Å². The summed E-state index contributed by atoms with van der Waals surface area (Å²) in [4.78, 5) is 38.1. The van der Waals surface area contributed by atoms with Crippen molar-refractivity contribution in [2.45, 2.75) is 19.9 Å². The Bertz CT molecular complexity index is 1450. The van der Waals surface area contributed by atoms with Gasteiger partial charge in [-0.25, -0.2) is 14.3 Å². The Morgan fingerprint density at radius 1 is 0.975 bits per heavy atom. The smallest absolute Gasteiger partial charge is 0.373 e. The van der Waals surface area contributed by atoms with Gasteiger partial charge in [-0.1, -0.05) is 19.1 Å². The Morgan fingerprint density at radius 2 is 1.57 bits per heavy atom. The van der Waals surface area contributed by atoms with Gasteiger partial charge in [0, 0.05) is 42.8 Å². The second-order valence-corrected chi connectivity index (χ2v) is 9.56. The zero-order valence-electron chi connectivity index (χ0n) is 22.9. The monoisotopic (exact) mass is 543 g/mol. The fourth-order valence-corrected chi connectivity index (χ4v) is 4.44. The normalized spacial score (nSPS) is 12.9. The molecule has 0 unspecified atom stereocenters. The Balaban J connectivity index is 0.00000118. The number of carbonyl (C=O) groups excluding carboxylic acids is 3. The Kier molecular flexibility index (Phi) is 9.58. The number of anilines is 3. The molecule has 0 spiro atoms. The van der Waals surface area contributed by atoms with Crippen LogP contribution in [0, 0.1) is 0 Å². The maximum atomic E-state index is 12.5. The van der Waals surface area contributed by atoms with Crippen LogP contribution in [0.3, 0.4) is 0 Å². The zero-order chi connectivity index (χ0) is 28.5. The summed E-state index contributed by atoms with van der Waals surface area (Å²) < 4.78 is 7.49. The Labute approximate surface area is 232 Å². The highest BCUT2D eigenvalue weighted by atomic mass is 16.5. The van der Waals surface area contributed by atoms with Crippen LogP contribution in [0.1, 0.15) is 18.1 Å². The number of nitrogens with zero attached hydrogens (tertiary/aromatic N) is 5. The Hall–Kier alpha value is -4.57. The van der Waals surface area contributed by atoms with Crippen molar-refractivity contribution < 1.29 is 19.1 Å². The van der Waals surface area contributed by atoms with Crippen LogP contribution >= 0.6 is 0 Å². The lowest BCUT2D eigenvalue weighted by Gasteiger charge is -2.28. The number of amides is 2. The molecule has 0 bridgehead atoms. The van der Waals surface area contributed by atoms with E-state index >= 15 is 0 Å². The fraction of sp³-hybridized carbons (Fsp3) is 0.310. The number of carbonyl (C=O) groups is 1. The van der Waals surface area contributed by atoms with E-state index in [9.17, 15) is 4.79 Å². The number of hydrogen-bond acceptors (Lipinski definition) is 8. The molecule has 2 aromatic heterocycles. The molecule has 1 aliphatic heterocycles. The summed E-state index contributed by atoms with van der Waals surface area (Å²) in [6.07, 6.45) is 3.28. The summed E-state index contributed by atoms with van der Waals surface area (Å²) >= 11 is 0. The van der Waals surface area contributed by atoms with Crippen LogP contribution in [0.2, 0.25) is 0 Å². The lowest BCUT2D eigenvalue weighted by atomic mass is 10.1. The maximum Gasteiger partial charge on any atom is 0.373 e. The van der Waals surface area contributed by atoms with Crippen molar-refractivity contribution in [2.24, 2.45) is 0 Å². The van der Waals surface area contributed by atoms with Gasteiger partial charge in [-0.05, 0) is 74.1 Å². The molecule has 1 saturated heterocycles. The number of aromatic nitrogens is 3. The van der Waals surface area contributed by atoms with Gasteiger partial charge in [-0.15, -0.1) is 5.10 Å². The molecule has 0 atom stereocenters. The van der Waals surface area contributed by atoms with E-state index in [0.717, 1.165) is 48.6 Å². The molecule has 40 heavy (non-hydrogen) atoms. The highest BCUT2D eigenvalue weighted by molar-refractivity contribution is 5.99. The van der Waals surface area contributed by atoms with Crippen molar-refractivity contribution >= 4 is 34.9 Å². The van der Waals surface area contributed by atoms with Crippen LogP contribution in [-0.4, -0.2) is 72.1 Å². The molecule has 2 aromatic carbocycles. The number of hydrogen-bond donors (Lipinski definition) is 2. The van der Waals surface area contributed by atoms with Crippen molar-refractivity contribution in [3.05, 3.63) is 71.9 Å². The molecule has 2 amide bonds. The second-order valence-electron chi connectivity index (χ2n) is 9.56. The third-order valence-corrected chi connectivity index (χ3v) is 6.33. The first-order valence-corrected chi connectivity index (χ1v) is 13.0. The first-order chi connectivity index (χ1) is 19.4. The molecule has 11 nitrogen and oxygen atoms in total. The zero-order valence-corrected chi connectivity index (χ0v) is 22.9. The number of nitrogens with one attached hydrogen (secondary N) is 2. The summed E-state index contributed by atoms with van der Waals surface area (Å²) in [5.74, 6) is 1.54. The third kappa shape index (κ3) is 7.29. The van der Waals surface area contributed by atoms with Crippen molar-refractivity contribution in [3.63, 3.8) is 0 Å². The number of benzene rings is 2. The quantitative estimate of drug-likeness (QED) is 0.360. The summed E-state index contributed by atoms with van der Waals surface area (Å²) in [6, 6.07) is 17.3. The van der Waals surface area contributed by atoms with E-state index in [-0.39, 0.29) is 12.2 Å². The predicted octanol–water partition coefficient (Wildman–Crippen LogP) is 3.92. The average molecular weight is 544 g/mol. The highest BCUT2D eigenvalue weighted by Gasteiger charge is 2.19. The predicted molar refractivity (Wildman–Crippen MR) is 152 cm³/mol. The van der Waals surface area contributed by atoms with Crippen LogP contribution in [-0.2, 0) is 27.3 Å². The van der Waals surface area contributed by atoms with Crippen LogP contribution in [0.25, 0.3) is 16.9 Å². The number of ether oxygens (including phenoxy) is 1. The van der Waals surface area contributed by atoms with E-state index in [4.69, 9.17) is 24.4 Å². The molecule has 0 saturated carbocycles. The van der Waals surface area contributed by atoms with Gasteiger partial charge in [0.05, 0.1) is 13.2 Å². The van der Waals surface area contributed by atoms with E-state index in [1.165, 1.54) is 11.1 Å². The summed E-state index contributed by atoms with van der Waals surface area (Å²) in [5.41, 5.74) is 5.72. The summed E-state index contributed by atoms with van der Waals surface area (Å²) in [6.45, 7) is 5.88. The molecule has 11 heteroatoms. The summed E-state index contributed by atoms with van der Waals surface area (Å²) in [7, 11) is 4.11. The summed E-state index contributed by atoms with van der Waals surface area (Å²) in [5, 5.41) is 10.6. The van der Waals surface area contributed by atoms with E-state index in [1.807, 2.05) is 53.0 Å². The van der Waals surface area contributed by atoms with Gasteiger partial charge in [0.2, 0.25) is 0 Å². The molecule has 4 aromatic rings. The first kappa shape index (κ1) is 28.4. The Morgan fingerprint density at radius 3 is 2.15 bits per heavy atom. The number of morpholine rings is 1. The number of rotatable bonds is 7. The molecule has 3 heterocycles. The van der Waals surface area contributed by atoms with Gasteiger partial charge in [-0.3, -0.25) is 0 Å². The molecule has 1 fully saturated rings. The molecule has 2 N–H and O–H groups in total. The highest BCUT2D eigenvalue weighted by Crippen LogP contribution is 2.27. The largest absolute Gasteiger partial charge is 0.378 e. The minimum absolute atomic E-state index is 0.250. The SMILES string of the molecule is CCc1ccc(NC(=O)Nc2ccc(-c3nc(N4CCOCC4)c4cc(CN(C)C)cn4n3)cc2)cc1.O=C=O. The standard InChI is InChI=1S/C28H33N7O2.CO2/c1-4-20-5-9-23(10-6-20)29-28(36)30-24-11-7-22(8-12-24)26-31-27(34-13-15-37-16-14-34)25-17-21(18-33(2)3)19-35(25)32-26;2-1-3/h5-12,17,19H,4,13-16,18H2,1-3H3,(H2,29,30,36);. The van der Waals surface area contributed by atoms with Crippen LogP contribution < -0.4 is 15.5 Å². The van der Waals surface area contributed by atoms with Crippen LogP contribution in [0.5, 0.6) is 0 Å². The molecular formula is C29H33N7O4. The van der Waals surface area contributed by atoms with Gasteiger partial charge < -0.3 is 25.2 Å². The lowest BCUT2D eigenvalue weighted by Crippen LogP contribution is -2.37. The van der Waals surface area contributed by atoms with Crippen molar-refractivity contribution in [1.29, 1.82) is 0 Å². The number of aryl methyl sites for hydroxylation is 1. The minimum atomic E-state index is -0.287. The fourth-order valence-electron chi connectivity index (χ4n) is 4.44. The van der Waals surface area contributed by atoms with Gasteiger partial charge in [0.25, 0.3) is 0 Å². The van der Waals surface area contributed by atoms with Crippen molar-refractivity contribution in [2.75, 3.05) is 55.9 Å². The number of urea groups is 1. The maximum absolute atomic E-state index is 12.5. The second kappa shape index (κ2) is 13.5. The molecular weight excluding hydrogens is 510 g/mol. The molecule has 208 valence electrons. The minimum Gasteiger partial charge on any atom is -0.378 e. The van der Waals surface area contributed by atoms with Gasteiger partial charge in [-0.2, -0.15) is 9.59 Å². The number of fused-ring (bicyclic) bond motifs is 1. The van der Waals surface area contributed by atoms with Crippen LogP contribution in [0.15, 0.2) is 60.8 Å². The lowest BCUT2D eigenvalue weighted by molar-refractivity contribution is -0.191. The molecule has 0 aliphatic carbocycles. The van der Waals surface area contributed by atoms with Gasteiger partial charge in [0.15, 0.2) is 11.6 Å². The van der Waals surface area contributed by atoms with E-state index in [2.05, 4.69) is 53.7 Å². The van der Waals surface area contributed by atoms with E-state index in [1.54, 1.807) is 0 Å². The van der Waals surface area contributed by atoms with E-state index < -0.39 is 0 Å². The van der Waals surface area contributed by atoms with Gasteiger partial charge in [0.1, 0.15) is 5.52 Å². The topological polar surface area (TPSA) is 121 Å². The first-order valence-electron chi connectivity index (χ1n) is 13.0. The molecule has 1 aliphatic rings.